The highest BCUT2D eigenvalue weighted by Gasteiger charge is 2.39. The molecular weight excluding hydrogens is 861 g/mol. The van der Waals surface area contributed by atoms with Gasteiger partial charge in [-0.3, -0.25) is 33.6 Å². The summed E-state index contributed by atoms with van der Waals surface area (Å²) in [5, 5.41) is 17.4. The zero-order valence-electron chi connectivity index (χ0n) is 40.8. The van der Waals surface area contributed by atoms with Gasteiger partial charge in [-0.1, -0.05) is 77.0 Å². The summed E-state index contributed by atoms with van der Waals surface area (Å²) in [7, 11) is 0. The third kappa shape index (κ3) is 31.7. The molecule has 0 radical (unpaired) electrons. The minimum atomic E-state index is -1.71. The number of hydrogen-bond acceptors (Lipinski definition) is 14. The molecule has 1 unspecified atom stereocenters. The minimum Gasteiger partial charge on any atom is -0.478 e. The van der Waals surface area contributed by atoms with Crippen molar-refractivity contribution in [2.45, 2.75) is 181 Å². The van der Waals surface area contributed by atoms with Crippen molar-refractivity contribution in [3.8, 4) is 0 Å². The summed E-state index contributed by atoms with van der Waals surface area (Å²) < 4.78 is 32.0. The highest BCUT2D eigenvalue weighted by atomic mass is 16.6. The standard InChI is InChI=1S/C47H82N4O15/c1-46(2,3)65-41(56)22-20-18-16-14-12-10-8-7-9-11-13-15-17-19-21-37(52)48-26-25-36(45(60)66-47(4,5)6)42(57)50-28-30-61-31-32-63-35-38(53)49-27-29-62-33-34-64-43(44(58)59)51-39(54)23-24-40(51)55/h36,43H,7-35H2,1-6H3,(H,48,52)(H,49,53)(H,50,57)(H,58,59)/t36-,43?/m0/s1. The van der Waals surface area contributed by atoms with Crippen molar-refractivity contribution in [2.75, 3.05) is 65.9 Å². The van der Waals surface area contributed by atoms with E-state index in [0.29, 0.717) is 17.7 Å². The summed E-state index contributed by atoms with van der Waals surface area (Å²) in [4.78, 5) is 97.7. The van der Waals surface area contributed by atoms with E-state index in [4.69, 9.17) is 28.4 Å². The number of imide groups is 1. The second-order valence-electron chi connectivity index (χ2n) is 18.4. The number of rotatable bonds is 39. The summed E-state index contributed by atoms with van der Waals surface area (Å²) in [6.07, 6.45) is 14.9. The fourth-order valence-electron chi connectivity index (χ4n) is 6.74. The van der Waals surface area contributed by atoms with Crippen molar-refractivity contribution in [2.24, 2.45) is 5.92 Å². The van der Waals surface area contributed by atoms with Gasteiger partial charge < -0.3 is 49.5 Å². The van der Waals surface area contributed by atoms with Gasteiger partial charge in [-0.05, 0) is 60.8 Å². The molecule has 1 rings (SSSR count). The van der Waals surface area contributed by atoms with E-state index >= 15 is 0 Å². The summed E-state index contributed by atoms with van der Waals surface area (Å²) in [6.45, 7) is 11.2. The molecule has 5 amide bonds. The van der Waals surface area contributed by atoms with E-state index in [9.17, 15) is 43.5 Å². The van der Waals surface area contributed by atoms with Gasteiger partial charge in [0.25, 0.3) is 0 Å². The molecule has 0 aliphatic carbocycles. The van der Waals surface area contributed by atoms with E-state index in [1.165, 1.54) is 51.4 Å². The van der Waals surface area contributed by atoms with Crippen molar-refractivity contribution < 1.29 is 71.9 Å². The normalized spacial score (nSPS) is 13.9. The summed E-state index contributed by atoms with van der Waals surface area (Å²) in [5.74, 6) is -5.62. The molecule has 1 fully saturated rings. The molecule has 0 spiro atoms. The molecule has 0 aromatic carbocycles. The number of hydrogen-bond donors (Lipinski definition) is 4. The first-order valence-corrected chi connectivity index (χ1v) is 24.0. The zero-order chi connectivity index (χ0) is 49.2. The lowest BCUT2D eigenvalue weighted by Gasteiger charge is -2.23. The predicted octanol–water partition coefficient (Wildman–Crippen LogP) is 4.89. The Hall–Kier alpha value is -4.20. The van der Waals surface area contributed by atoms with Gasteiger partial charge in [-0.15, -0.1) is 0 Å². The van der Waals surface area contributed by atoms with Gasteiger partial charge in [-0.25, -0.2) is 9.69 Å². The molecule has 0 saturated carbocycles. The first-order valence-electron chi connectivity index (χ1n) is 24.0. The number of carbonyl (C=O) groups excluding carboxylic acids is 7. The highest BCUT2D eigenvalue weighted by Crippen LogP contribution is 2.18. The molecule has 66 heavy (non-hydrogen) atoms. The van der Waals surface area contributed by atoms with Crippen LogP contribution in [0.4, 0.5) is 0 Å². The number of carbonyl (C=O) groups is 8. The molecule has 19 nitrogen and oxygen atoms in total. The number of nitrogens with one attached hydrogen (secondary N) is 3. The molecule has 19 heteroatoms. The van der Waals surface area contributed by atoms with Crippen LogP contribution in [0.2, 0.25) is 0 Å². The number of likely N-dealkylation sites (tertiary alicyclic amines) is 1. The van der Waals surface area contributed by atoms with E-state index in [0.717, 1.165) is 38.5 Å². The second kappa shape index (κ2) is 35.0. The Morgan fingerprint density at radius 1 is 0.561 bits per heavy atom. The molecule has 0 aromatic heterocycles. The van der Waals surface area contributed by atoms with Gasteiger partial charge >= 0.3 is 17.9 Å². The van der Waals surface area contributed by atoms with Gasteiger partial charge in [0.2, 0.25) is 35.8 Å². The predicted molar refractivity (Wildman–Crippen MR) is 244 cm³/mol. The lowest BCUT2D eigenvalue weighted by atomic mass is 10.0. The smallest absolute Gasteiger partial charge is 0.354 e. The third-order valence-corrected chi connectivity index (χ3v) is 9.98. The quantitative estimate of drug-likeness (QED) is 0.0277. The van der Waals surface area contributed by atoms with Crippen LogP contribution in [-0.4, -0.2) is 141 Å². The lowest BCUT2D eigenvalue weighted by Crippen LogP contribution is -2.46. The van der Waals surface area contributed by atoms with Gasteiger partial charge in [0.05, 0.1) is 39.6 Å². The molecule has 4 N–H and O–H groups in total. The number of ether oxygens (including phenoxy) is 6. The first-order chi connectivity index (χ1) is 31.3. The lowest BCUT2D eigenvalue weighted by molar-refractivity contribution is -0.175. The minimum absolute atomic E-state index is 0.0299. The monoisotopic (exact) mass is 943 g/mol. The van der Waals surface area contributed by atoms with E-state index < -0.39 is 58.9 Å². The SMILES string of the molecule is CC(C)(C)OC(=O)CCCCCCCCCCCCCCCCC(=O)NCC[C@@H](C(=O)NCCOCCOCC(=O)NCCOCCOC(C(=O)O)N1C(=O)CCC1=O)C(=O)OC(C)(C)C. The van der Waals surface area contributed by atoms with Gasteiger partial charge in [0, 0.05) is 45.3 Å². The van der Waals surface area contributed by atoms with Crippen LogP contribution in [-0.2, 0) is 66.8 Å². The Labute approximate surface area is 392 Å². The first kappa shape index (κ1) is 59.8. The molecule has 380 valence electrons. The summed E-state index contributed by atoms with van der Waals surface area (Å²) in [5.41, 5.74) is -1.21. The fourth-order valence-corrected chi connectivity index (χ4v) is 6.74. The fraction of sp³-hybridized carbons (Fsp3) is 0.830. The van der Waals surface area contributed by atoms with Gasteiger partial charge in [-0.2, -0.15) is 0 Å². The molecule has 1 heterocycles. The van der Waals surface area contributed by atoms with Crippen LogP contribution in [0.15, 0.2) is 0 Å². The number of carboxylic acid groups (broad SMARTS) is 1. The van der Waals surface area contributed by atoms with Crippen molar-refractivity contribution in [1.82, 2.24) is 20.9 Å². The van der Waals surface area contributed by atoms with Crippen molar-refractivity contribution in [1.29, 1.82) is 0 Å². The number of nitrogens with zero attached hydrogens (tertiary/aromatic N) is 1. The molecule has 1 saturated heterocycles. The van der Waals surface area contributed by atoms with Crippen molar-refractivity contribution in [3.63, 3.8) is 0 Å². The van der Waals surface area contributed by atoms with E-state index in [1.54, 1.807) is 20.8 Å². The molecule has 0 bridgehead atoms. The largest absolute Gasteiger partial charge is 0.478 e. The average molecular weight is 943 g/mol. The Morgan fingerprint density at radius 3 is 1.53 bits per heavy atom. The molecule has 1 aliphatic rings. The van der Waals surface area contributed by atoms with Gasteiger partial charge in [0.15, 0.2) is 0 Å². The number of aliphatic carboxylic acids is 1. The zero-order valence-corrected chi connectivity index (χ0v) is 40.8. The van der Waals surface area contributed by atoms with E-state index in [-0.39, 0.29) is 97.0 Å². The van der Waals surface area contributed by atoms with E-state index in [2.05, 4.69) is 16.0 Å². The van der Waals surface area contributed by atoms with E-state index in [1.807, 2.05) is 20.8 Å². The maximum absolute atomic E-state index is 13.0. The van der Waals surface area contributed by atoms with Crippen molar-refractivity contribution in [3.05, 3.63) is 0 Å². The molecule has 1 aliphatic heterocycles. The number of esters is 2. The maximum atomic E-state index is 13.0. The number of unbranched alkanes of at least 4 members (excludes halogenated alkanes) is 13. The van der Waals surface area contributed by atoms with Crippen LogP contribution in [0.3, 0.4) is 0 Å². The van der Waals surface area contributed by atoms with Crippen LogP contribution in [0.5, 0.6) is 0 Å². The topological polar surface area (TPSA) is 251 Å². The molecule has 0 aromatic rings. The van der Waals surface area contributed by atoms with Crippen LogP contribution in [0.25, 0.3) is 0 Å². The molecule has 2 atom stereocenters. The Kier molecular flexibility index (Phi) is 31.7. The number of amides is 5. The highest BCUT2D eigenvalue weighted by molar-refractivity contribution is 6.04. The maximum Gasteiger partial charge on any atom is 0.354 e. The van der Waals surface area contributed by atoms with Crippen LogP contribution < -0.4 is 16.0 Å². The van der Waals surface area contributed by atoms with Crippen LogP contribution in [0, 0.1) is 5.92 Å². The summed E-state index contributed by atoms with van der Waals surface area (Å²) >= 11 is 0. The Morgan fingerprint density at radius 2 is 1.02 bits per heavy atom. The summed E-state index contributed by atoms with van der Waals surface area (Å²) in [6, 6.07) is 0. The Bertz CT molecular complexity index is 1450. The van der Waals surface area contributed by atoms with Crippen molar-refractivity contribution >= 4 is 47.4 Å². The second-order valence-corrected chi connectivity index (χ2v) is 18.4. The van der Waals surface area contributed by atoms with Crippen LogP contribution >= 0.6 is 0 Å². The number of carboxylic acids is 1. The Balaban J connectivity index is 2.10. The average Bonchev–Trinajstić information content (AvgIpc) is 3.55. The third-order valence-electron chi connectivity index (χ3n) is 9.98. The van der Waals surface area contributed by atoms with Crippen LogP contribution in [0.1, 0.15) is 164 Å². The molecular formula is C47H82N4O15. The van der Waals surface area contributed by atoms with Gasteiger partial charge in [0.1, 0.15) is 23.7 Å².